The van der Waals surface area contributed by atoms with Gasteiger partial charge in [0.05, 0.1) is 11.7 Å². The van der Waals surface area contributed by atoms with E-state index in [1.807, 2.05) is 0 Å². The summed E-state index contributed by atoms with van der Waals surface area (Å²) in [6.07, 6.45) is 0. The predicted molar refractivity (Wildman–Crippen MR) is 74.1 cm³/mol. The molecule has 2 rings (SSSR count). The Labute approximate surface area is 116 Å². The Balaban J connectivity index is 1.97. The first-order valence-corrected chi connectivity index (χ1v) is 7.07. The first-order valence-electron chi connectivity index (χ1n) is 6.08. The number of aryl methyl sites for hydroxylation is 1. The second-order valence-corrected chi connectivity index (χ2v) is 5.53. The van der Waals surface area contributed by atoms with Crippen molar-refractivity contribution >= 4 is 17.5 Å². The van der Waals surface area contributed by atoms with Crippen molar-refractivity contribution in [3.05, 3.63) is 41.5 Å². The van der Waals surface area contributed by atoms with E-state index < -0.39 is 0 Å². The van der Waals surface area contributed by atoms with E-state index in [4.69, 9.17) is 4.52 Å². The third-order valence-electron chi connectivity index (χ3n) is 2.85. The van der Waals surface area contributed by atoms with Crippen LogP contribution in [0.3, 0.4) is 0 Å². The predicted octanol–water partition coefficient (Wildman–Crippen LogP) is 3.36. The van der Waals surface area contributed by atoms with Gasteiger partial charge in [-0.2, -0.15) is 4.98 Å². The lowest BCUT2D eigenvalue weighted by molar-refractivity contribution is -0.118. The summed E-state index contributed by atoms with van der Waals surface area (Å²) in [5.74, 6) is 1.35. The molecular weight excluding hydrogens is 260 g/mol. The summed E-state index contributed by atoms with van der Waals surface area (Å²) in [4.78, 5) is 16.6. The molecule has 1 aromatic carbocycles. The van der Waals surface area contributed by atoms with Crippen LogP contribution in [0.4, 0.5) is 0 Å². The monoisotopic (exact) mass is 276 g/mol. The average molecular weight is 276 g/mol. The quantitative estimate of drug-likeness (QED) is 0.784. The minimum atomic E-state index is -0.328. The first kappa shape index (κ1) is 13.8. The Morgan fingerprint density at radius 3 is 2.68 bits per heavy atom. The second-order valence-electron chi connectivity index (χ2n) is 4.48. The average Bonchev–Trinajstić information content (AvgIpc) is 2.86. The van der Waals surface area contributed by atoms with E-state index >= 15 is 0 Å². The van der Waals surface area contributed by atoms with Gasteiger partial charge in [-0.15, -0.1) is 11.8 Å². The molecule has 0 bridgehead atoms. The van der Waals surface area contributed by atoms with Crippen molar-refractivity contribution in [2.24, 2.45) is 0 Å². The number of Topliss-reactive ketones (excluding diaryl/α,β-unsaturated/α-hetero) is 1. The van der Waals surface area contributed by atoms with Gasteiger partial charge < -0.3 is 4.52 Å². The van der Waals surface area contributed by atoms with Gasteiger partial charge in [0.25, 0.3) is 0 Å². The van der Waals surface area contributed by atoms with Crippen LogP contribution in [-0.4, -0.2) is 15.9 Å². The van der Waals surface area contributed by atoms with Crippen LogP contribution in [0.2, 0.25) is 0 Å². The Morgan fingerprint density at radius 2 is 2.05 bits per heavy atom. The van der Waals surface area contributed by atoms with Gasteiger partial charge in [0.2, 0.25) is 5.89 Å². The number of thioether (sulfide) groups is 1. The zero-order valence-electron chi connectivity index (χ0n) is 11.2. The lowest BCUT2D eigenvalue weighted by atomic mass is 10.1. The molecule has 4 nitrogen and oxygen atoms in total. The molecule has 1 aromatic heterocycles. The highest BCUT2D eigenvalue weighted by Gasteiger charge is 2.18. The van der Waals surface area contributed by atoms with Crippen LogP contribution in [0.1, 0.15) is 37.0 Å². The number of rotatable bonds is 5. The standard InChI is InChI=1S/C14H16N2O2S/c1-9-4-6-12(7-5-9)19-8-13-15-14(18-16-13)10(2)11(3)17/h4-7,10H,8H2,1-3H3. The maximum absolute atomic E-state index is 11.2. The largest absolute Gasteiger partial charge is 0.339 e. The molecule has 0 fully saturated rings. The Bertz CT molecular complexity index is 563. The molecule has 0 aliphatic heterocycles. The van der Waals surface area contributed by atoms with Crippen molar-refractivity contribution in [1.82, 2.24) is 10.1 Å². The molecule has 100 valence electrons. The highest BCUT2D eigenvalue weighted by Crippen LogP contribution is 2.23. The number of nitrogens with zero attached hydrogens (tertiary/aromatic N) is 2. The molecule has 0 radical (unpaired) electrons. The van der Waals surface area contributed by atoms with Crippen molar-refractivity contribution in [2.45, 2.75) is 37.3 Å². The van der Waals surface area contributed by atoms with Crippen molar-refractivity contribution in [2.75, 3.05) is 0 Å². The Hall–Kier alpha value is -1.62. The number of aromatic nitrogens is 2. The van der Waals surface area contributed by atoms with Crippen LogP contribution in [0, 0.1) is 6.92 Å². The summed E-state index contributed by atoms with van der Waals surface area (Å²) in [6, 6.07) is 8.28. The molecule has 0 spiro atoms. The highest BCUT2D eigenvalue weighted by molar-refractivity contribution is 7.98. The van der Waals surface area contributed by atoms with Gasteiger partial charge >= 0.3 is 0 Å². The smallest absolute Gasteiger partial charge is 0.236 e. The van der Waals surface area contributed by atoms with Crippen molar-refractivity contribution in [1.29, 1.82) is 0 Å². The van der Waals surface area contributed by atoms with Crippen LogP contribution in [0.25, 0.3) is 0 Å². The maximum atomic E-state index is 11.2. The summed E-state index contributed by atoms with van der Waals surface area (Å²) in [5, 5.41) is 3.89. The zero-order chi connectivity index (χ0) is 13.8. The molecule has 0 N–H and O–H groups in total. The molecule has 0 aliphatic carbocycles. The van der Waals surface area contributed by atoms with E-state index in [-0.39, 0.29) is 11.7 Å². The normalized spacial score (nSPS) is 12.4. The number of carbonyl (C=O) groups excluding carboxylic acids is 1. The van der Waals surface area contributed by atoms with Crippen LogP contribution >= 0.6 is 11.8 Å². The van der Waals surface area contributed by atoms with E-state index in [0.717, 1.165) is 4.90 Å². The molecular formula is C14H16N2O2S. The lowest BCUT2D eigenvalue weighted by Crippen LogP contribution is -2.04. The van der Waals surface area contributed by atoms with E-state index in [9.17, 15) is 4.79 Å². The van der Waals surface area contributed by atoms with Gasteiger partial charge in [0.1, 0.15) is 5.78 Å². The molecule has 0 saturated heterocycles. The van der Waals surface area contributed by atoms with Crippen LogP contribution in [0.5, 0.6) is 0 Å². The first-order chi connectivity index (χ1) is 9.06. The summed E-state index contributed by atoms with van der Waals surface area (Å²) in [5.41, 5.74) is 1.24. The van der Waals surface area contributed by atoms with Crippen molar-refractivity contribution in [3.8, 4) is 0 Å². The fourth-order valence-electron chi connectivity index (χ4n) is 1.46. The summed E-state index contributed by atoms with van der Waals surface area (Å²) >= 11 is 1.65. The van der Waals surface area contributed by atoms with Gasteiger partial charge in [0.15, 0.2) is 5.82 Å². The van der Waals surface area contributed by atoms with Gasteiger partial charge in [0, 0.05) is 4.90 Å². The van der Waals surface area contributed by atoms with E-state index in [1.54, 1.807) is 18.7 Å². The molecule has 0 saturated carbocycles. The Morgan fingerprint density at radius 1 is 1.37 bits per heavy atom. The molecule has 1 heterocycles. The summed E-state index contributed by atoms with van der Waals surface area (Å²) < 4.78 is 5.10. The molecule has 0 amide bonds. The number of benzene rings is 1. The topological polar surface area (TPSA) is 56.0 Å². The van der Waals surface area contributed by atoms with Crippen LogP contribution in [-0.2, 0) is 10.5 Å². The lowest BCUT2D eigenvalue weighted by Gasteiger charge is -1.99. The van der Waals surface area contributed by atoms with Crippen molar-refractivity contribution < 1.29 is 9.32 Å². The molecule has 1 atom stereocenters. The minimum Gasteiger partial charge on any atom is -0.339 e. The maximum Gasteiger partial charge on any atom is 0.236 e. The van der Waals surface area contributed by atoms with Gasteiger partial charge in [-0.05, 0) is 32.9 Å². The van der Waals surface area contributed by atoms with Crippen molar-refractivity contribution in [3.63, 3.8) is 0 Å². The highest BCUT2D eigenvalue weighted by atomic mass is 32.2. The number of carbonyl (C=O) groups is 1. The Kier molecular flexibility index (Phi) is 4.37. The molecule has 5 heteroatoms. The molecule has 2 aromatic rings. The van der Waals surface area contributed by atoms with Gasteiger partial charge in [-0.3, -0.25) is 4.79 Å². The van der Waals surface area contributed by atoms with E-state index in [0.29, 0.717) is 17.5 Å². The van der Waals surface area contributed by atoms with E-state index in [1.165, 1.54) is 12.5 Å². The molecule has 1 unspecified atom stereocenters. The van der Waals surface area contributed by atoms with Gasteiger partial charge in [-0.1, -0.05) is 22.9 Å². The number of hydrogen-bond donors (Lipinski definition) is 0. The fourth-order valence-corrected chi connectivity index (χ4v) is 2.20. The third-order valence-corrected chi connectivity index (χ3v) is 3.86. The molecule has 19 heavy (non-hydrogen) atoms. The summed E-state index contributed by atoms with van der Waals surface area (Å²) in [6.45, 7) is 5.35. The van der Waals surface area contributed by atoms with E-state index in [2.05, 4.69) is 41.3 Å². The fraction of sp³-hybridized carbons (Fsp3) is 0.357. The third kappa shape index (κ3) is 3.67. The molecule has 0 aliphatic rings. The SMILES string of the molecule is CC(=O)C(C)c1nc(CSc2ccc(C)cc2)no1. The number of ketones is 1. The van der Waals surface area contributed by atoms with Gasteiger partial charge in [-0.25, -0.2) is 0 Å². The summed E-state index contributed by atoms with van der Waals surface area (Å²) in [7, 11) is 0. The second kappa shape index (κ2) is 6.02. The number of hydrogen-bond acceptors (Lipinski definition) is 5. The zero-order valence-corrected chi connectivity index (χ0v) is 12.0. The van der Waals surface area contributed by atoms with Crippen LogP contribution in [0.15, 0.2) is 33.7 Å². The minimum absolute atomic E-state index is 0.0291. The van der Waals surface area contributed by atoms with Crippen LogP contribution < -0.4 is 0 Å².